The van der Waals surface area contributed by atoms with Gasteiger partial charge in [0.05, 0.1) is 18.8 Å². The molecule has 0 spiro atoms. The smallest absolute Gasteiger partial charge is 0.334 e. The maximum absolute atomic E-state index is 13.4. The summed E-state index contributed by atoms with van der Waals surface area (Å²) in [5.41, 5.74) is 0.309. The molecule has 74 valence electrons. The van der Waals surface area contributed by atoms with Gasteiger partial charge in [-0.2, -0.15) is 5.26 Å². The molecule has 1 rings (SSSR count). The van der Waals surface area contributed by atoms with Crippen molar-refractivity contribution >= 4 is 5.97 Å². The predicted molar refractivity (Wildman–Crippen MR) is 47.9 cm³/mol. The Balaban J connectivity index is 3.01. The van der Waals surface area contributed by atoms with Crippen LogP contribution in [0.1, 0.15) is 6.92 Å². The third kappa shape index (κ3) is 1.67. The van der Waals surface area contributed by atoms with E-state index in [0.29, 0.717) is 0 Å². The minimum atomic E-state index is -1.42. The zero-order valence-electron chi connectivity index (χ0n) is 7.95. The second-order valence-electron chi connectivity index (χ2n) is 3.04. The first-order valence-corrected chi connectivity index (χ1v) is 4.16. The van der Waals surface area contributed by atoms with Crippen LogP contribution in [0.25, 0.3) is 0 Å². The van der Waals surface area contributed by atoms with Gasteiger partial charge in [-0.25, -0.2) is 9.18 Å². The van der Waals surface area contributed by atoms with Crippen LogP contribution < -0.4 is 0 Å². The molecule has 0 amide bonds. The molecular weight excluding hydrogens is 185 g/mol. The molecule has 2 atom stereocenters. The number of methoxy groups -OCH3 is 1. The summed E-state index contributed by atoms with van der Waals surface area (Å²) in [5.74, 6) is -1.17. The SMILES string of the molecule is COC(=O)C1=CC=C(C#N)C(F)C1C. The van der Waals surface area contributed by atoms with Crippen LogP contribution in [0.3, 0.4) is 0 Å². The Morgan fingerprint density at radius 1 is 1.64 bits per heavy atom. The van der Waals surface area contributed by atoms with E-state index >= 15 is 0 Å². The molecule has 1 aliphatic carbocycles. The van der Waals surface area contributed by atoms with E-state index in [-0.39, 0.29) is 11.1 Å². The van der Waals surface area contributed by atoms with Crippen molar-refractivity contribution in [1.82, 2.24) is 0 Å². The zero-order chi connectivity index (χ0) is 10.7. The Kier molecular flexibility index (Phi) is 3.03. The zero-order valence-corrected chi connectivity index (χ0v) is 7.95. The third-order valence-corrected chi connectivity index (χ3v) is 2.22. The van der Waals surface area contributed by atoms with Crippen molar-refractivity contribution < 1.29 is 13.9 Å². The molecule has 0 fully saturated rings. The van der Waals surface area contributed by atoms with Crippen molar-refractivity contribution in [3.63, 3.8) is 0 Å². The van der Waals surface area contributed by atoms with Gasteiger partial charge in [0, 0.05) is 11.5 Å². The maximum atomic E-state index is 13.4. The van der Waals surface area contributed by atoms with Crippen LogP contribution in [0.2, 0.25) is 0 Å². The van der Waals surface area contributed by atoms with E-state index in [0.717, 1.165) is 0 Å². The highest BCUT2D eigenvalue weighted by Crippen LogP contribution is 2.28. The molecule has 3 nitrogen and oxygen atoms in total. The van der Waals surface area contributed by atoms with E-state index in [4.69, 9.17) is 5.26 Å². The Morgan fingerprint density at radius 2 is 2.29 bits per heavy atom. The van der Waals surface area contributed by atoms with Gasteiger partial charge >= 0.3 is 5.97 Å². The molecule has 1 aliphatic rings. The summed E-state index contributed by atoms with van der Waals surface area (Å²) in [4.78, 5) is 11.1. The summed E-state index contributed by atoms with van der Waals surface area (Å²) in [6.45, 7) is 1.55. The molecule has 4 heteroatoms. The van der Waals surface area contributed by atoms with E-state index in [1.165, 1.54) is 19.3 Å². The standard InChI is InChI=1S/C10H10FNO2/c1-6-8(10(13)14-2)4-3-7(5-12)9(6)11/h3-4,6,9H,1-2H3. The second-order valence-corrected chi connectivity index (χ2v) is 3.04. The van der Waals surface area contributed by atoms with Crippen molar-refractivity contribution in [1.29, 1.82) is 5.26 Å². The Morgan fingerprint density at radius 3 is 2.79 bits per heavy atom. The summed E-state index contributed by atoms with van der Waals surface area (Å²) >= 11 is 0. The van der Waals surface area contributed by atoms with E-state index in [1.807, 2.05) is 0 Å². The number of rotatable bonds is 1. The van der Waals surface area contributed by atoms with Gasteiger partial charge in [-0.05, 0) is 6.08 Å². The Bertz CT molecular complexity index is 352. The minimum absolute atomic E-state index is 0.0464. The summed E-state index contributed by atoms with van der Waals surface area (Å²) in [5, 5.41) is 8.56. The highest BCUT2D eigenvalue weighted by Gasteiger charge is 2.30. The molecule has 0 saturated heterocycles. The van der Waals surface area contributed by atoms with Gasteiger partial charge in [0.1, 0.15) is 6.17 Å². The van der Waals surface area contributed by atoms with Crippen LogP contribution in [0.5, 0.6) is 0 Å². The number of esters is 1. The minimum Gasteiger partial charge on any atom is -0.466 e. The van der Waals surface area contributed by atoms with Crippen molar-refractivity contribution in [2.75, 3.05) is 7.11 Å². The molecule has 2 unspecified atom stereocenters. The van der Waals surface area contributed by atoms with Gasteiger partial charge in [0.25, 0.3) is 0 Å². The topological polar surface area (TPSA) is 50.1 Å². The fourth-order valence-electron chi connectivity index (χ4n) is 1.32. The second kappa shape index (κ2) is 4.05. The van der Waals surface area contributed by atoms with E-state index in [9.17, 15) is 9.18 Å². The van der Waals surface area contributed by atoms with Gasteiger partial charge in [-0.1, -0.05) is 13.0 Å². The Labute approximate surface area is 81.5 Å². The number of carbonyl (C=O) groups is 1. The number of ether oxygens (including phenoxy) is 1. The fourth-order valence-corrected chi connectivity index (χ4v) is 1.32. The Hall–Kier alpha value is -1.63. The molecule has 0 aliphatic heterocycles. The first kappa shape index (κ1) is 10.5. The average Bonchev–Trinajstić information content (AvgIpc) is 2.21. The monoisotopic (exact) mass is 195 g/mol. The summed E-state index contributed by atoms with van der Waals surface area (Å²) in [6, 6.07) is 1.75. The number of halogens is 1. The third-order valence-electron chi connectivity index (χ3n) is 2.22. The number of hydrogen-bond donors (Lipinski definition) is 0. The number of hydrogen-bond acceptors (Lipinski definition) is 3. The molecular formula is C10H10FNO2. The fraction of sp³-hybridized carbons (Fsp3) is 0.400. The van der Waals surface area contributed by atoms with Crippen LogP contribution in [-0.2, 0) is 9.53 Å². The lowest BCUT2D eigenvalue weighted by Crippen LogP contribution is -2.24. The molecule has 0 saturated carbocycles. The van der Waals surface area contributed by atoms with Gasteiger partial charge in [-0.15, -0.1) is 0 Å². The largest absolute Gasteiger partial charge is 0.466 e. The lowest BCUT2D eigenvalue weighted by atomic mass is 9.87. The summed E-state index contributed by atoms with van der Waals surface area (Å²) < 4.78 is 17.9. The summed E-state index contributed by atoms with van der Waals surface area (Å²) in [7, 11) is 1.24. The quantitative estimate of drug-likeness (QED) is 0.596. The van der Waals surface area contributed by atoms with E-state index < -0.39 is 18.1 Å². The number of nitrogens with zero attached hydrogens (tertiary/aromatic N) is 1. The molecule has 0 heterocycles. The van der Waals surface area contributed by atoms with Crippen LogP contribution in [0.15, 0.2) is 23.3 Å². The number of nitriles is 1. The van der Waals surface area contributed by atoms with E-state index in [1.54, 1.807) is 13.0 Å². The van der Waals surface area contributed by atoms with Crippen molar-refractivity contribution in [3.05, 3.63) is 23.3 Å². The molecule has 14 heavy (non-hydrogen) atoms. The maximum Gasteiger partial charge on any atom is 0.334 e. The number of allylic oxidation sites excluding steroid dienone is 3. The van der Waals surface area contributed by atoms with Crippen molar-refractivity contribution in [2.24, 2.45) is 5.92 Å². The number of carbonyl (C=O) groups excluding carboxylic acids is 1. The molecule has 0 N–H and O–H groups in total. The van der Waals surface area contributed by atoms with Crippen molar-refractivity contribution in [3.8, 4) is 6.07 Å². The van der Waals surface area contributed by atoms with Crippen LogP contribution in [0, 0.1) is 17.2 Å². The van der Waals surface area contributed by atoms with Gasteiger partial charge in [0.2, 0.25) is 0 Å². The van der Waals surface area contributed by atoms with Crippen LogP contribution in [0.4, 0.5) is 4.39 Å². The first-order valence-electron chi connectivity index (χ1n) is 4.16. The predicted octanol–water partition coefficient (Wildman–Crippen LogP) is 1.52. The number of alkyl halides is 1. The lowest BCUT2D eigenvalue weighted by molar-refractivity contribution is -0.136. The first-order chi connectivity index (χ1) is 6.61. The lowest BCUT2D eigenvalue weighted by Gasteiger charge is -2.20. The van der Waals surface area contributed by atoms with Gasteiger partial charge < -0.3 is 4.74 Å². The molecule has 0 radical (unpaired) electrons. The molecule has 0 aromatic heterocycles. The highest BCUT2D eigenvalue weighted by atomic mass is 19.1. The normalized spacial score (nSPS) is 25.9. The highest BCUT2D eigenvalue weighted by molar-refractivity contribution is 5.90. The average molecular weight is 195 g/mol. The molecule has 0 aromatic carbocycles. The van der Waals surface area contributed by atoms with Crippen LogP contribution in [-0.4, -0.2) is 19.3 Å². The summed E-state index contributed by atoms with van der Waals surface area (Å²) in [6.07, 6.45) is 1.33. The van der Waals surface area contributed by atoms with E-state index in [2.05, 4.69) is 4.74 Å². The van der Waals surface area contributed by atoms with Gasteiger partial charge in [0.15, 0.2) is 0 Å². The van der Waals surface area contributed by atoms with Gasteiger partial charge in [-0.3, -0.25) is 0 Å². The molecule has 0 aromatic rings. The van der Waals surface area contributed by atoms with Crippen molar-refractivity contribution in [2.45, 2.75) is 13.1 Å². The molecule has 0 bridgehead atoms. The van der Waals surface area contributed by atoms with Crippen LogP contribution >= 0.6 is 0 Å².